The van der Waals surface area contributed by atoms with Crippen LogP contribution in [0.5, 0.6) is 11.8 Å². The third kappa shape index (κ3) is 2.08. The molecule has 0 radical (unpaired) electrons. The van der Waals surface area contributed by atoms with E-state index in [9.17, 15) is 4.39 Å². The zero-order valence-electron chi connectivity index (χ0n) is 9.12. The molecule has 0 atom stereocenters. The maximum Gasteiger partial charge on any atom is 0.322 e. The van der Waals surface area contributed by atoms with Gasteiger partial charge in [0, 0.05) is 18.5 Å². The standard InChI is InChI=1S/C12H7FN4O/c13-8-6-16-12(17-7-8)18-9-1-2-10-11(5-9)15-4-3-14-10/h1-7H. The van der Waals surface area contributed by atoms with Crippen LogP contribution in [0.15, 0.2) is 43.0 Å². The van der Waals surface area contributed by atoms with Crippen LogP contribution >= 0.6 is 0 Å². The van der Waals surface area contributed by atoms with Crippen LogP contribution in [-0.2, 0) is 0 Å². The van der Waals surface area contributed by atoms with Crippen LogP contribution in [0.3, 0.4) is 0 Å². The van der Waals surface area contributed by atoms with Gasteiger partial charge in [0.05, 0.1) is 23.4 Å². The molecule has 0 saturated carbocycles. The molecule has 5 nitrogen and oxygen atoms in total. The third-order valence-corrected chi connectivity index (χ3v) is 2.25. The van der Waals surface area contributed by atoms with E-state index in [2.05, 4.69) is 19.9 Å². The molecule has 0 amide bonds. The van der Waals surface area contributed by atoms with Gasteiger partial charge in [0.1, 0.15) is 5.75 Å². The molecule has 3 rings (SSSR count). The summed E-state index contributed by atoms with van der Waals surface area (Å²) in [7, 11) is 0. The molecule has 18 heavy (non-hydrogen) atoms. The highest BCUT2D eigenvalue weighted by Crippen LogP contribution is 2.21. The summed E-state index contributed by atoms with van der Waals surface area (Å²) >= 11 is 0. The van der Waals surface area contributed by atoms with E-state index in [1.54, 1.807) is 30.6 Å². The average molecular weight is 242 g/mol. The molecule has 0 bridgehead atoms. The second kappa shape index (κ2) is 4.33. The summed E-state index contributed by atoms with van der Waals surface area (Å²) in [6.45, 7) is 0. The Bertz CT molecular complexity index is 687. The van der Waals surface area contributed by atoms with Gasteiger partial charge in [-0.25, -0.2) is 14.4 Å². The Kier molecular flexibility index (Phi) is 2.53. The van der Waals surface area contributed by atoms with Crippen molar-refractivity contribution in [2.75, 3.05) is 0 Å². The van der Waals surface area contributed by atoms with Crippen molar-refractivity contribution in [3.05, 3.63) is 48.8 Å². The van der Waals surface area contributed by atoms with Gasteiger partial charge in [0.15, 0.2) is 5.82 Å². The van der Waals surface area contributed by atoms with Crippen molar-refractivity contribution in [1.82, 2.24) is 19.9 Å². The summed E-state index contributed by atoms with van der Waals surface area (Å²) < 4.78 is 18.0. The summed E-state index contributed by atoms with van der Waals surface area (Å²) in [6.07, 6.45) is 5.30. The van der Waals surface area contributed by atoms with Crippen LogP contribution in [-0.4, -0.2) is 19.9 Å². The van der Waals surface area contributed by atoms with E-state index in [4.69, 9.17) is 4.74 Å². The van der Waals surface area contributed by atoms with Crippen LogP contribution in [0.2, 0.25) is 0 Å². The molecular weight excluding hydrogens is 235 g/mol. The molecule has 0 fully saturated rings. The van der Waals surface area contributed by atoms with Crippen molar-refractivity contribution in [3.63, 3.8) is 0 Å². The van der Waals surface area contributed by atoms with Crippen LogP contribution in [0, 0.1) is 5.82 Å². The number of rotatable bonds is 2. The number of aromatic nitrogens is 4. The van der Waals surface area contributed by atoms with Gasteiger partial charge in [-0.15, -0.1) is 0 Å². The van der Waals surface area contributed by atoms with Gasteiger partial charge in [0.25, 0.3) is 0 Å². The lowest BCUT2D eigenvalue weighted by Crippen LogP contribution is -1.92. The molecule has 0 aliphatic rings. The van der Waals surface area contributed by atoms with Gasteiger partial charge in [-0.2, -0.15) is 0 Å². The lowest BCUT2D eigenvalue weighted by atomic mass is 10.3. The Morgan fingerprint density at radius 1 is 0.889 bits per heavy atom. The quantitative estimate of drug-likeness (QED) is 0.690. The summed E-state index contributed by atoms with van der Waals surface area (Å²) in [6, 6.07) is 5.31. The molecule has 0 aliphatic heterocycles. The molecule has 0 saturated heterocycles. The average Bonchev–Trinajstić information content (AvgIpc) is 2.41. The second-order valence-electron chi connectivity index (χ2n) is 3.49. The predicted molar refractivity (Wildman–Crippen MR) is 61.6 cm³/mol. The normalized spacial score (nSPS) is 10.5. The van der Waals surface area contributed by atoms with Gasteiger partial charge in [0.2, 0.25) is 0 Å². The molecule has 3 aromatic rings. The van der Waals surface area contributed by atoms with Crippen LogP contribution in [0.1, 0.15) is 0 Å². The summed E-state index contributed by atoms with van der Waals surface area (Å²) in [4.78, 5) is 15.7. The monoisotopic (exact) mass is 242 g/mol. The van der Waals surface area contributed by atoms with E-state index in [0.717, 1.165) is 17.9 Å². The number of benzene rings is 1. The molecule has 0 spiro atoms. The Morgan fingerprint density at radius 2 is 1.61 bits per heavy atom. The van der Waals surface area contributed by atoms with E-state index >= 15 is 0 Å². The fourth-order valence-electron chi connectivity index (χ4n) is 1.47. The number of halogens is 1. The van der Waals surface area contributed by atoms with Crippen molar-refractivity contribution in [2.45, 2.75) is 0 Å². The minimum Gasteiger partial charge on any atom is -0.424 e. The molecule has 6 heteroatoms. The topological polar surface area (TPSA) is 60.8 Å². The predicted octanol–water partition coefficient (Wildman–Crippen LogP) is 2.35. The fourth-order valence-corrected chi connectivity index (χ4v) is 1.47. The lowest BCUT2D eigenvalue weighted by molar-refractivity contribution is 0.436. The Morgan fingerprint density at radius 3 is 2.39 bits per heavy atom. The van der Waals surface area contributed by atoms with Crippen molar-refractivity contribution in [2.24, 2.45) is 0 Å². The van der Waals surface area contributed by atoms with E-state index in [-0.39, 0.29) is 6.01 Å². The fraction of sp³-hybridized carbons (Fsp3) is 0. The first kappa shape index (κ1) is 10.5. The van der Waals surface area contributed by atoms with Crippen molar-refractivity contribution >= 4 is 11.0 Å². The Hall–Kier alpha value is -2.63. The molecule has 2 heterocycles. The molecule has 2 aromatic heterocycles. The van der Waals surface area contributed by atoms with Crippen molar-refractivity contribution < 1.29 is 9.13 Å². The van der Waals surface area contributed by atoms with Crippen molar-refractivity contribution in [1.29, 1.82) is 0 Å². The maximum atomic E-state index is 12.6. The van der Waals surface area contributed by atoms with Gasteiger partial charge in [-0.1, -0.05) is 0 Å². The first-order chi connectivity index (χ1) is 8.81. The number of ether oxygens (including phenoxy) is 1. The summed E-state index contributed by atoms with van der Waals surface area (Å²) in [5.41, 5.74) is 1.47. The largest absolute Gasteiger partial charge is 0.424 e. The third-order valence-electron chi connectivity index (χ3n) is 2.25. The van der Waals surface area contributed by atoms with Crippen LogP contribution in [0.25, 0.3) is 11.0 Å². The zero-order valence-corrected chi connectivity index (χ0v) is 9.12. The smallest absolute Gasteiger partial charge is 0.322 e. The molecule has 0 aliphatic carbocycles. The zero-order chi connectivity index (χ0) is 12.4. The molecular formula is C12H7FN4O. The van der Waals surface area contributed by atoms with Crippen LogP contribution < -0.4 is 4.74 Å². The van der Waals surface area contributed by atoms with Gasteiger partial charge < -0.3 is 4.74 Å². The minimum atomic E-state index is -0.508. The SMILES string of the molecule is Fc1cnc(Oc2ccc3nccnc3c2)nc1. The number of nitrogens with zero attached hydrogens (tertiary/aromatic N) is 4. The number of fused-ring (bicyclic) bond motifs is 1. The molecule has 1 aromatic carbocycles. The number of hydrogen-bond donors (Lipinski definition) is 0. The molecule has 88 valence electrons. The highest BCUT2D eigenvalue weighted by molar-refractivity contribution is 5.75. The van der Waals surface area contributed by atoms with Crippen molar-refractivity contribution in [3.8, 4) is 11.8 Å². The first-order valence-electron chi connectivity index (χ1n) is 5.17. The summed E-state index contributed by atoms with van der Waals surface area (Å²) in [5, 5.41) is 0. The van der Waals surface area contributed by atoms with Gasteiger partial charge in [-0.05, 0) is 12.1 Å². The maximum absolute atomic E-state index is 12.6. The number of hydrogen-bond acceptors (Lipinski definition) is 5. The van der Waals surface area contributed by atoms with Gasteiger partial charge >= 0.3 is 6.01 Å². The van der Waals surface area contributed by atoms with E-state index in [0.29, 0.717) is 11.3 Å². The Labute approximate surface area is 101 Å². The van der Waals surface area contributed by atoms with E-state index in [1.165, 1.54) is 0 Å². The van der Waals surface area contributed by atoms with Crippen LogP contribution in [0.4, 0.5) is 4.39 Å². The van der Waals surface area contributed by atoms with E-state index in [1.807, 2.05) is 0 Å². The minimum absolute atomic E-state index is 0.0830. The highest BCUT2D eigenvalue weighted by Gasteiger charge is 2.03. The summed E-state index contributed by atoms with van der Waals surface area (Å²) in [5.74, 6) is 0.0151. The lowest BCUT2D eigenvalue weighted by Gasteiger charge is -2.03. The van der Waals surface area contributed by atoms with Gasteiger partial charge in [-0.3, -0.25) is 9.97 Å². The Balaban J connectivity index is 1.92. The highest BCUT2D eigenvalue weighted by atomic mass is 19.1. The second-order valence-corrected chi connectivity index (χ2v) is 3.49. The first-order valence-corrected chi connectivity index (χ1v) is 5.17. The molecule has 0 N–H and O–H groups in total. The molecule has 0 unspecified atom stereocenters. The van der Waals surface area contributed by atoms with E-state index < -0.39 is 5.82 Å².